The summed E-state index contributed by atoms with van der Waals surface area (Å²) in [5, 5.41) is 0. The number of benzene rings is 3. The van der Waals surface area contributed by atoms with E-state index in [4.69, 9.17) is 19.2 Å². The number of carbonyl (C=O) groups excluding carboxylic acids is 2. The molecule has 0 N–H and O–H groups in total. The number of esters is 1. The molecule has 1 unspecified atom stereocenters. The fraction of sp³-hybridized carbons (Fsp3) is 0.324. The molecule has 0 fully saturated rings. The summed E-state index contributed by atoms with van der Waals surface area (Å²) >= 11 is 0. The van der Waals surface area contributed by atoms with Crippen molar-refractivity contribution in [3.63, 3.8) is 0 Å². The van der Waals surface area contributed by atoms with Gasteiger partial charge in [0.15, 0.2) is 5.78 Å². The van der Waals surface area contributed by atoms with Crippen LogP contribution in [0.15, 0.2) is 101 Å². The highest BCUT2D eigenvalue weighted by atomic mass is 16.6. The molecule has 3 atom stereocenters. The predicted molar refractivity (Wildman–Crippen MR) is 155 cm³/mol. The highest BCUT2D eigenvalue weighted by Crippen LogP contribution is 2.48. The molecule has 1 heterocycles. The number of nitrogens with zero attached hydrogens (tertiary/aromatic N) is 1. The number of carbonyl (C=O) groups is 2. The maximum absolute atomic E-state index is 13.9. The van der Waals surface area contributed by atoms with Crippen molar-refractivity contribution in [2.45, 2.75) is 51.6 Å². The molecule has 0 spiro atoms. The molecule has 0 amide bonds. The number of rotatable bonds is 9. The highest BCUT2D eigenvalue weighted by molar-refractivity contribution is 6.09. The third-order valence-electron chi connectivity index (χ3n) is 7.37. The van der Waals surface area contributed by atoms with Crippen LogP contribution in [0.4, 0.5) is 0 Å². The lowest BCUT2D eigenvalue weighted by Gasteiger charge is -2.37. The van der Waals surface area contributed by atoms with Gasteiger partial charge in [-0.1, -0.05) is 66.7 Å². The summed E-state index contributed by atoms with van der Waals surface area (Å²) in [5.41, 5.74) is 3.91. The lowest BCUT2D eigenvalue weighted by molar-refractivity contribution is -0.147. The van der Waals surface area contributed by atoms with Gasteiger partial charge in [-0.3, -0.25) is 14.6 Å². The van der Waals surface area contributed by atoms with E-state index in [0.29, 0.717) is 35.6 Å². The van der Waals surface area contributed by atoms with Crippen LogP contribution in [-0.2, 0) is 14.3 Å². The van der Waals surface area contributed by atoms with Crippen LogP contribution in [0, 0.1) is 5.92 Å². The van der Waals surface area contributed by atoms with Crippen molar-refractivity contribution in [1.82, 2.24) is 0 Å². The zero-order chi connectivity index (χ0) is 28.1. The molecule has 3 aromatic rings. The van der Waals surface area contributed by atoms with Crippen LogP contribution in [0.2, 0.25) is 0 Å². The Hall–Kier alpha value is -4.19. The minimum atomic E-state index is -0.746. The van der Waals surface area contributed by atoms with Crippen molar-refractivity contribution >= 4 is 17.5 Å². The Labute approximate surface area is 235 Å². The quantitative estimate of drug-likeness (QED) is 0.225. The Morgan fingerprint density at radius 1 is 0.900 bits per heavy atom. The van der Waals surface area contributed by atoms with Crippen LogP contribution in [0.5, 0.6) is 11.5 Å². The lowest BCUT2D eigenvalue weighted by atomic mass is 9.69. The van der Waals surface area contributed by atoms with Gasteiger partial charge in [0, 0.05) is 34.9 Å². The first-order valence-electron chi connectivity index (χ1n) is 13.9. The molecule has 0 radical (unpaired) electrons. The zero-order valence-corrected chi connectivity index (χ0v) is 23.2. The minimum Gasteiger partial charge on any atom is -0.491 e. The van der Waals surface area contributed by atoms with Crippen molar-refractivity contribution in [1.29, 1.82) is 0 Å². The molecule has 3 aromatic carbocycles. The Bertz CT molecular complexity index is 1410. The molecular weight excluding hydrogens is 502 g/mol. The van der Waals surface area contributed by atoms with E-state index in [1.54, 1.807) is 0 Å². The van der Waals surface area contributed by atoms with Gasteiger partial charge in [-0.15, -0.1) is 0 Å². The van der Waals surface area contributed by atoms with E-state index >= 15 is 0 Å². The number of para-hydroxylation sites is 2. The van der Waals surface area contributed by atoms with E-state index in [-0.39, 0.29) is 31.0 Å². The number of hydrogen-bond donors (Lipinski definition) is 0. The summed E-state index contributed by atoms with van der Waals surface area (Å²) in [5.74, 6) is -0.286. The van der Waals surface area contributed by atoms with Gasteiger partial charge in [-0.2, -0.15) is 0 Å². The van der Waals surface area contributed by atoms with Gasteiger partial charge < -0.3 is 14.2 Å². The zero-order valence-electron chi connectivity index (χ0n) is 23.2. The lowest BCUT2D eigenvalue weighted by Crippen LogP contribution is -2.38. The first-order valence-corrected chi connectivity index (χ1v) is 13.9. The molecule has 206 valence electrons. The third-order valence-corrected chi connectivity index (χ3v) is 7.37. The average molecular weight is 538 g/mol. The van der Waals surface area contributed by atoms with Gasteiger partial charge in [0.25, 0.3) is 0 Å². The molecule has 6 nitrogen and oxygen atoms in total. The molecule has 40 heavy (non-hydrogen) atoms. The maximum Gasteiger partial charge on any atom is 0.315 e. The third kappa shape index (κ3) is 6.01. The van der Waals surface area contributed by atoms with Gasteiger partial charge in [-0.25, -0.2) is 0 Å². The van der Waals surface area contributed by atoms with Gasteiger partial charge in [0.2, 0.25) is 0 Å². The number of hydrogen-bond acceptors (Lipinski definition) is 6. The van der Waals surface area contributed by atoms with Crippen LogP contribution in [-0.4, -0.2) is 36.8 Å². The topological polar surface area (TPSA) is 74.2 Å². The first-order chi connectivity index (χ1) is 19.4. The summed E-state index contributed by atoms with van der Waals surface area (Å²) in [4.78, 5) is 32.4. The van der Waals surface area contributed by atoms with Crippen LogP contribution in [0.3, 0.4) is 0 Å². The summed E-state index contributed by atoms with van der Waals surface area (Å²) in [6.07, 6.45) is 0.935. The van der Waals surface area contributed by atoms with Gasteiger partial charge in [0.1, 0.15) is 30.6 Å². The van der Waals surface area contributed by atoms with Crippen molar-refractivity contribution in [2.75, 3.05) is 13.2 Å². The molecule has 0 saturated carbocycles. The summed E-state index contributed by atoms with van der Waals surface area (Å²) in [6, 6.07) is 27.1. The number of aliphatic imine (C=N–C) groups is 1. The minimum absolute atomic E-state index is 0.0147. The predicted octanol–water partition coefficient (Wildman–Crippen LogP) is 6.67. The van der Waals surface area contributed by atoms with E-state index in [1.807, 2.05) is 93.6 Å². The second kappa shape index (κ2) is 12.3. The van der Waals surface area contributed by atoms with Crippen molar-refractivity contribution in [3.8, 4) is 11.5 Å². The maximum atomic E-state index is 13.9. The average Bonchev–Trinajstić information content (AvgIpc) is 2.95. The fourth-order valence-electron chi connectivity index (χ4n) is 5.67. The van der Waals surface area contributed by atoms with Crippen LogP contribution >= 0.6 is 0 Å². The second-order valence-electron chi connectivity index (χ2n) is 10.5. The summed E-state index contributed by atoms with van der Waals surface area (Å²) in [7, 11) is 0. The molecule has 0 saturated heterocycles. The van der Waals surface area contributed by atoms with Gasteiger partial charge in [0.05, 0.1) is 6.10 Å². The Balaban J connectivity index is 1.46. The Morgan fingerprint density at radius 3 is 2.30 bits per heavy atom. The summed E-state index contributed by atoms with van der Waals surface area (Å²) < 4.78 is 17.6. The molecule has 0 aromatic heterocycles. The number of ketones is 1. The Morgan fingerprint density at radius 2 is 1.57 bits per heavy atom. The van der Waals surface area contributed by atoms with Crippen molar-refractivity contribution < 1.29 is 23.8 Å². The Kier molecular flexibility index (Phi) is 8.44. The van der Waals surface area contributed by atoms with Crippen LogP contribution in [0.1, 0.15) is 56.6 Å². The largest absolute Gasteiger partial charge is 0.491 e. The molecule has 5 rings (SSSR count). The van der Waals surface area contributed by atoms with E-state index in [0.717, 1.165) is 16.8 Å². The normalized spacial score (nSPS) is 20.6. The monoisotopic (exact) mass is 537 g/mol. The van der Waals surface area contributed by atoms with E-state index in [1.165, 1.54) is 0 Å². The number of allylic oxidation sites excluding steroid dienone is 2. The molecule has 0 bridgehead atoms. The molecular formula is C34H35NO5. The molecule has 6 heteroatoms. The van der Waals surface area contributed by atoms with E-state index < -0.39 is 17.8 Å². The fourth-order valence-corrected chi connectivity index (χ4v) is 5.67. The van der Waals surface area contributed by atoms with Crippen molar-refractivity contribution in [2.24, 2.45) is 10.9 Å². The number of ether oxygens (including phenoxy) is 3. The van der Waals surface area contributed by atoms with E-state index in [9.17, 15) is 9.59 Å². The van der Waals surface area contributed by atoms with Crippen LogP contribution < -0.4 is 9.47 Å². The molecule has 2 aliphatic rings. The summed E-state index contributed by atoms with van der Waals surface area (Å²) in [6.45, 7) is 6.09. The highest BCUT2D eigenvalue weighted by Gasteiger charge is 2.45. The first kappa shape index (κ1) is 27.4. The van der Waals surface area contributed by atoms with Gasteiger partial charge >= 0.3 is 5.97 Å². The SMILES string of the molecule is CC1=NC2=C(C(=O)C[C@@H](c3ccccc3)C2)[C@H](c2ccccc2OC(C)C)C1C(=O)OCCOc1ccccc1. The standard InChI is InChI=1S/C34H35NO5/c1-22(2)40-30-17-11-10-16-27(30)32-31(34(37)39-19-18-38-26-14-8-5-9-15-26)23(3)35-28-20-25(21-29(36)33(28)32)24-12-6-4-7-13-24/h4-17,22,25,31-32H,18-21H2,1-3H3/t25-,31?,32+/m0/s1. The van der Waals surface area contributed by atoms with Crippen LogP contribution in [0.25, 0.3) is 0 Å². The molecule has 1 aliphatic heterocycles. The smallest absolute Gasteiger partial charge is 0.315 e. The molecule has 1 aliphatic carbocycles. The van der Waals surface area contributed by atoms with Gasteiger partial charge in [-0.05, 0) is 56.9 Å². The van der Waals surface area contributed by atoms with E-state index in [2.05, 4.69) is 12.1 Å². The van der Waals surface area contributed by atoms with Crippen molar-refractivity contribution in [3.05, 3.63) is 107 Å². The second-order valence-corrected chi connectivity index (χ2v) is 10.5. The number of Topliss-reactive ketones (excluding diaryl/α,β-unsaturated/α-hetero) is 1.